The lowest BCUT2D eigenvalue weighted by atomic mass is 10.1. The molecule has 0 unspecified atom stereocenters. The van der Waals surface area contributed by atoms with Gasteiger partial charge in [-0.25, -0.2) is 0 Å². The van der Waals surface area contributed by atoms with Gasteiger partial charge in [-0.1, -0.05) is 41.4 Å². The van der Waals surface area contributed by atoms with Gasteiger partial charge >= 0.3 is 0 Å². The molecule has 1 saturated heterocycles. The van der Waals surface area contributed by atoms with E-state index in [1.807, 2.05) is 18.2 Å². The van der Waals surface area contributed by atoms with Crippen LogP contribution < -0.4 is 9.47 Å². The normalized spacial score (nSPS) is 16.9. The van der Waals surface area contributed by atoms with Gasteiger partial charge in [0, 0.05) is 24.7 Å². The van der Waals surface area contributed by atoms with Gasteiger partial charge in [0.25, 0.3) is 5.91 Å². The molecule has 1 amide bonds. The number of likely N-dealkylation sites (N-methyl/N-ethyl adjacent to an activating group) is 1. The van der Waals surface area contributed by atoms with Crippen molar-refractivity contribution >= 4 is 52.1 Å². The molecule has 2 aromatic rings. The van der Waals surface area contributed by atoms with Crippen LogP contribution in [0.25, 0.3) is 6.08 Å². The van der Waals surface area contributed by atoms with E-state index < -0.39 is 0 Å². The summed E-state index contributed by atoms with van der Waals surface area (Å²) in [5.74, 6) is 0.781. The number of rotatable bonds is 5. The predicted molar refractivity (Wildman–Crippen MR) is 115 cm³/mol. The van der Waals surface area contributed by atoms with Crippen LogP contribution in [0.4, 0.5) is 0 Å². The average Bonchev–Trinajstić information content (AvgIpc) is 2.95. The van der Waals surface area contributed by atoms with Gasteiger partial charge in [0.15, 0.2) is 16.7 Å². The molecule has 0 aromatic heterocycles. The van der Waals surface area contributed by atoms with Crippen LogP contribution >= 0.6 is 35.0 Å². The van der Waals surface area contributed by atoms with Gasteiger partial charge in [0.1, 0.15) is 6.61 Å². The number of nitrogens with zero attached hydrogens (tertiary/aromatic N) is 2. The second kappa shape index (κ2) is 8.90. The zero-order valence-corrected chi connectivity index (χ0v) is 17.9. The van der Waals surface area contributed by atoms with Gasteiger partial charge in [0.05, 0.1) is 17.0 Å². The van der Waals surface area contributed by atoms with Gasteiger partial charge < -0.3 is 9.47 Å². The van der Waals surface area contributed by atoms with Gasteiger partial charge in [0.2, 0.25) is 0 Å². The molecule has 0 atom stereocenters. The molecule has 1 aliphatic rings. The summed E-state index contributed by atoms with van der Waals surface area (Å²) in [6.45, 7) is 0.256. The largest absolute Gasteiger partial charge is 0.493 e. The molecule has 5 nitrogen and oxygen atoms in total. The Labute approximate surface area is 177 Å². The van der Waals surface area contributed by atoms with Crippen molar-refractivity contribution in [2.45, 2.75) is 6.61 Å². The molecule has 0 spiro atoms. The van der Waals surface area contributed by atoms with Gasteiger partial charge in [-0.05, 0) is 41.6 Å². The smallest absolute Gasteiger partial charge is 0.266 e. The van der Waals surface area contributed by atoms with E-state index >= 15 is 0 Å². The van der Waals surface area contributed by atoms with E-state index in [0.29, 0.717) is 31.6 Å². The Morgan fingerprint density at radius 2 is 1.96 bits per heavy atom. The van der Waals surface area contributed by atoms with Crippen molar-refractivity contribution in [3.05, 3.63) is 62.5 Å². The number of halogens is 2. The summed E-state index contributed by atoms with van der Waals surface area (Å²) in [5, 5.41) is 1.65. The van der Waals surface area contributed by atoms with E-state index in [2.05, 4.69) is 4.99 Å². The zero-order chi connectivity index (χ0) is 20.3. The Morgan fingerprint density at radius 1 is 1.21 bits per heavy atom. The first-order chi connectivity index (χ1) is 13.4. The standard InChI is InChI=1S/C20H18Cl2N2O3S/c1-23-20-24(2)19(25)17(28-20)10-12-8-15(22)18(16(9-12)26-3)27-11-13-6-4-5-7-14(13)21/h4-10H,11H2,1-3H3/b17-10+,23-20?. The van der Waals surface area contributed by atoms with Crippen molar-refractivity contribution in [1.29, 1.82) is 0 Å². The first-order valence-electron chi connectivity index (χ1n) is 8.32. The molecule has 3 rings (SSSR count). The van der Waals surface area contributed by atoms with Crippen LogP contribution in [0, 0.1) is 0 Å². The number of methoxy groups -OCH3 is 1. The van der Waals surface area contributed by atoms with Crippen molar-refractivity contribution in [2.24, 2.45) is 4.99 Å². The van der Waals surface area contributed by atoms with Crippen molar-refractivity contribution in [3.63, 3.8) is 0 Å². The maximum atomic E-state index is 12.3. The SMILES string of the molecule is CN=C1S/C(=C/c2cc(Cl)c(OCc3ccccc3Cl)c(OC)c2)C(=O)N1C. The summed E-state index contributed by atoms with van der Waals surface area (Å²) in [7, 11) is 4.88. The van der Waals surface area contributed by atoms with E-state index in [9.17, 15) is 4.79 Å². The Morgan fingerprint density at radius 3 is 2.61 bits per heavy atom. The average molecular weight is 437 g/mol. The maximum absolute atomic E-state index is 12.3. The highest BCUT2D eigenvalue weighted by Crippen LogP contribution is 2.39. The summed E-state index contributed by atoms with van der Waals surface area (Å²) in [6.07, 6.45) is 1.76. The zero-order valence-electron chi connectivity index (χ0n) is 15.5. The van der Waals surface area contributed by atoms with Crippen LogP contribution in [0.2, 0.25) is 10.0 Å². The minimum absolute atomic E-state index is 0.111. The van der Waals surface area contributed by atoms with Crippen LogP contribution in [0.1, 0.15) is 11.1 Å². The number of ether oxygens (including phenoxy) is 2. The van der Waals surface area contributed by atoms with Gasteiger partial charge in [-0.3, -0.25) is 14.7 Å². The number of amides is 1. The number of benzene rings is 2. The summed E-state index contributed by atoms with van der Waals surface area (Å²) in [6, 6.07) is 10.9. The van der Waals surface area contributed by atoms with E-state index in [4.69, 9.17) is 32.7 Å². The fourth-order valence-electron chi connectivity index (χ4n) is 2.63. The highest BCUT2D eigenvalue weighted by atomic mass is 35.5. The molecule has 0 aliphatic carbocycles. The lowest BCUT2D eigenvalue weighted by Crippen LogP contribution is -2.23. The number of carbonyl (C=O) groups excluding carboxylic acids is 1. The molecule has 1 fully saturated rings. The molecule has 0 saturated carbocycles. The fourth-order valence-corrected chi connectivity index (χ4v) is 4.02. The molecule has 1 heterocycles. The topological polar surface area (TPSA) is 51.1 Å². The molecule has 1 aliphatic heterocycles. The van der Waals surface area contributed by atoms with Crippen LogP contribution in [-0.4, -0.2) is 37.2 Å². The Balaban J connectivity index is 1.87. The second-order valence-corrected chi connectivity index (χ2v) is 7.72. The van der Waals surface area contributed by atoms with Crippen LogP contribution in [-0.2, 0) is 11.4 Å². The molecular weight excluding hydrogens is 419 g/mol. The van der Waals surface area contributed by atoms with Crippen molar-refractivity contribution < 1.29 is 14.3 Å². The Bertz CT molecular complexity index is 976. The van der Waals surface area contributed by atoms with E-state index in [0.717, 1.165) is 11.1 Å². The number of thioether (sulfide) groups is 1. The number of hydrogen-bond donors (Lipinski definition) is 0. The molecular formula is C20H18Cl2N2O3S. The number of hydrogen-bond acceptors (Lipinski definition) is 5. The lowest BCUT2D eigenvalue weighted by Gasteiger charge is -2.14. The molecule has 0 N–H and O–H groups in total. The first kappa shape index (κ1) is 20.6. The Kier molecular flexibility index (Phi) is 6.54. The molecule has 0 bridgehead atoms. The van der Waals surface area contributed by atoms with E-state index in [-0.39, 0.29) is 12.5 Å². The third kappa shape index (κ3) is 4.29. The number of aliphatic imine (C=N–C) groups is 1. The highest BCUT2D eigenvalue weighted by Gasteiger charge is 2.29. The van der Waals surface area contributed by atoms with Crippen molar-refractivity contribution in [2.75, 3.05) is 21.2 Å². The molecule has 2 aromatic carbocycles. The van der Waals surface area contributed by atoms with Crippen LogP contribution in [0.15, 0.2) is 46.3 Å². The number of amidine groups is 1. The van der Waals surface area contributed by atoms with Crippen LogP contribution in [0.3, 0.4) is 0 Å². The number of carbonyl (C=O) groups is 1. The van der Waals surface area contributed by atoms with E-state index in [1.165, 1.54) is 23.8 Å². The second-order valence-electron chi connectivity index (χ2n) is 5.90. The van der Waals surface area contributed by atoms with E-state index in [1.54, 1.807) is 38.4 Å². The first-order valence-corrected chi connectivity index (χ1v) is 9.90. The van der Waals surface area contributed by atoms with Crippen molar-refractivity contribution in [1.82, 2.24) is 4.90 Å². The minimum Gasteiger partial charge on any atom is -0.493 e. The fraction of sp³-hybridized carbons (Fsp3) is 0.200. The molecule has 0 radical (unpaired) electrons. The quantitative estimate of drug-likeness (QED) is 0.610. The summed E-state index contributed by atoms with van der Waals surface area (Å²) < 4.78 is 11.3. The van der Waals surface area contributed by atoms with Gasteiger partial charge in [-0.2, -0.15) is 0 Å². The van der Waals surface area contributed by atoms with Gasteiger partial charge in [-0.15, -0.1) is 0 Å². The van der Waals surface area contributed by atoms with Crippen LogP contribution in [0.5, 0.6) is 11.5 Å². The molecule has 28 heavy (non-hydrogen) atoms. The maximum Gasteiger partial charge on any atom is 0.266 e. The lowest BCUT2D eigenvalue weighted by molar-refractivity contribution is -0.121. The molecule has 8 heteroatoms. The monoisotopic (exact) mass is 436 g/mol. The summed E-state index contributed by atoms with van der Waals surface area (Å²) in [4.78, 5) is 18.5. The highest BCUT2D eigenvalue weighted by molar-refractivity contribution is 8.18. The minimum atomic E-state index is -0.111. The third-order valence-electron chi connectivity index (χ3n) is 4.07. The van der Waals surface area contributed by atoms with Crippen molar-refractivity contribution in [3.8, 4) is 11.5 Å². The summed E-state index contributed by atoms with van der Waals surface area (Å²) >= 11 is 13.9. The predicted octanol–water partition coefficient (Wildman–Crippen LogP) is 5.11. The summed E-state index contributed by atoms with van der Waals surface area (Å²) in [5.41, 5.74) is 1.57. The Hall–Kier alpha value is -2.15. The third-order valence-corrected chi connectivity index (χ3v) is 5.88. The molecule has 146 valence electrons.